The molecule has 3 aromatic heterocycles. The van der Waals surface area contributed by atoms with Crippen LogP contribution in [0.4, 0.5) is 0 Å². The minimum absolute atomic E-state index is 0.143. The maximum absolute atomic E-state index is 12.0. The molecule has 1 aromatic carbocycles. The first kappa shape index (κ1) is 16.8. The van der Waals surface area contributed by atoms with Crippen LogP contribution in [0.25, 0.3) is 22.2 Å². The van der Waals surface area contributed by atoms with E-state index in [1.807, 2.05) is 23.6 Å². The maximum Gasteiger partial charge on any atom is 0.437 e. The van der Waals surface area contributed by atoms with Crippen LogP contribution in [0.3, 0.4) is 0 Å². The van der Waals surface area contributed by atoms with Crippen LogP contribution >= 0.6 is 27.3 Å². The predicted molar refractivity (Wildman–Crippen MR) is 99.4 cm³/mol. The highest BCUT2D eigenvalue weighted by Gasteiger charge is 2.15. The summed E-state index contributed by atoms with van der Waals surface area (Å²) in [5.41, 5.74) is 1.58. The van der Waals surface area contributed by atoms with Crippen LogP contribution in [-0.4, -0.2) is 21.9 Å². The number of hydrogen-bond acceptors (Lipinski definition) is 7. The van der Waals surface area contributed by atoms with E-state index in [0.717, 1.165) is 20.8 Å². The van der Waals surface area contributed by atoms with Crippen molar-refractivity contribution < 1.29 is 13.6 Å². The second-order valence-corrected chi connectivity index (χ2v) is 7.07. The van der Waals surface area contributed by atoms with Gasteiger partial charge in [-0.15, -0.1) is 16.4 Å². The van der Waals surface area contributed by atoms with Crippen molar-refractivity contribution in [1.82, 2.24) is 14.8 Å². The molecule has 0 spiro atoms. The molecule has 0 N–H and O–H groups in total. The smallest absolute Gasteiger partial charge is 0.437 e. The van der Waals surface area contributed by atoms with Gasteiger partial charge in [0.2, 0.25) is 0 Å². The highest BCUT2D eigenvalue weighted by atomic mass is 79.9. The van der Waals surface area contributed by atoms with Gasteiger partial charge in [0, 0.05) is 9.85 Å². The number of hydrogen-bond donors (Lipinski definition) is 0. The summed E-state index contributed by atoms with van der Waals surface area (Å²) in [5.74, 6) is 0.710. The normalized spacial score (nSPS) is 11.0. The zero-order valence-corrected chi connectivity index (χ0v) is 15.9. The molecule has 0 amide bonds. The van der Waals surface area contributed by atoms with E-state index in [0.29, 0.717) is 11.5 Å². The average Bonchev–Trinajstić information content (AvgIpc) is 3.37. The van der Waals surface area contributed by atoms with E-state index in [-0.39, 0.29) is 12.4 Å². The number of thiazole rings is 1. The lowest BCUT2D eigenvalue weighted by Crippen LogP contribution is -2.16. The lowest BCUT2D eigenvalue weighted by atomic mass is 10.2. The average molecular weight is 434 g/mol. The van der Waals surface area contributed by atoms with E-state index in [1.54, 1.807) is 19.2 Å². The van der Waals surface area contributed by atoms with Crippen molar-refractivity contribution in [3.8, 4) is 28.0 Å². The Morgan fingerprint density at radius 1 is 1.35 bits per heavy atom. The standard InChI is InChI=1S/C17H12BrN3O4S/c1-23-13-5-4-10(18)7-12(13)16-19-11(9-26-16)8-21-17(22)25-15(20-21)14-3-2-6-24-14/h2-7,9H,8H2,1H3. The summed E-state index contributed by atoms with van der Waals surface area (Å²) in [4.78, 5) is 16.6. The summed E-state index contributed by atoms with van der Waals surface area (Å²) >= 11 is 4.93. The van der Waals surface area contributed by atoms with Crippen molar-refractivity contribution in [3.63, 3.8) is 0 Å². The van der Waals surface area contributed by atoms with Gasteiger partial charge in [-0.2, -0.15) is 4.68 Å². The van der Waals surface area contributed by atoms with Gasteiger partial charge in [0.15, 0.2) is 5.76 Å². The fourth-order valence-electron chi connectivity index (χ4n) is 2.41. The Bertz CT molecular complexity index is 1100. The van der Waals surface area contributed by atoms with Crippen molar-refractivity contribution >= 4 is 27.3 Å². The molecule has 0 aliphatic rings. The zero-order chi connectivity index (χ0) is 18.1. The number of halogens is 1. The number of furan rings is 1. The minimum Gasteiger partial charge on any atom is -0.496 e. The van der Waals surface area contributed by atoms with Crippen LogP contribution in [0.2, 0.25) is 0 Å². The minimum atomic E-state index is -0.564. The summed E-state index contributed by atoms with van der Waals surface area (Å²) < 4.78 is 17.9. The number of rotatable bonds is 5. The first-order valence-corrected chi connectivity index (χ1v) is 9.21. The molecule has 0 saturated heterocycles. The number of ether oxygens (including phenoxy) is 1. The third-order valence-corrected chi connectivity index (χ3v) is 5.01. The first-order chi connectivity index (χ1) is 12.6. The largest absolute Gasteiger partial charge is 0.496 e. The van der Waals surface area contributed by atoms with Gasteiger partial charge >= 0.3 is 5.76 Å². The lowest BCUT2D eigenvalue weighted by molar-refractivity contribution is 0.416. The van der Waals surface area contributed by atoms with E-state index >= 15 is 0 Å². The Morgan fingerprint density at radius 3 is 3.00 bits per heavy atom. The molecule has 132 valence electrons. The van der Waals surface area contributed by atoms with Crippen molar-refractivity contribution in [2.24, 2.45) is 0 Å². The molecule has 0 radical (unpaired) electrons. The summed E-state index contributed by atoms with van der Waals surface area (Å²) in [6.07, 6.45) is 1.49. The number of nitrogens with zero attached hydrogens (tertiary/aromatic N) is 3. The first-order valence-electron chi connectivity index (χ1n) is 7.54. The number of methoxy groups -OCH3 is 1. The molecule has 7 nitrogen and oxygen atoms in total. The monoisotopic (exact) mass is 433 g/mol. The van der Waals surface area contributed by atoms with Crippen molar-refractivity contribution in [2.75, 3.05) is 7.11 Å². The fraction of sp³-hybridized carbons (Fsp3) is 0.118. The maximum atomic E-state index is 12.0. The summed E-state index contributed by atoms with van der Waals surface area (Å²) in [7, 11) is 1.62. The summed E-state index contributed by atoms with van der Waals surface area (Å²) in [5, 5.41) is 6.82. The molecule has 0 unspecified atom stereocenters. The van der Waals surface area contributed by atoms with Crippen LogP contribution in [0, 0.1) is 0 Å². The molecule has 0 saturated carbocycles. The Balaban J connectivity index is 1.62. The van der Waals surface area contributed by atoms with Gasteiger partial charge in [-0.3, -0.25) is 0 Å². The molecule has 0 aliphatic carbocycles. The molecular weight excluding hydrogens is 422 g/mol. The number of aromatic nitrogens is 3. The molecule has 0 aliphatic heterocycles. The van der Waals surface area contributed by atoms with Crippen LogP contribution in [-0.2, 0) is 6.54 Å². The third-order valence-electron chi connectivity index (χ3n) is 3.59. The molecule has 4 rings (SSSR count). The lowest BCUT2D eigenvalue weighted by Gasteiger charge is -2.06. The highest BCUT2D eigenvalue weighted by Crippen LogP contribution is 2.34. The van der Waals surface area contributed by atoms with Gasteiger partial charge < -0.3 is 13.6 Å². The van der Waals surface area contributed by atoms with Crippen molar-refractivity contribution in [1.29, 1.82) is 0 Å². The Kier molecular flexibility index (Phi) is 4.48. The van der Waals surface area contributed by atoms with Crippen LogP contribution in [0.1, 0.15) is 5.69 Å². The summed E-state index contributed by atoms with van der Waals surface area (Å²) in [6, 6.07) is 9.10. The van der Waals surface area contributed by atoms with Crippen LogP contribution in [0.5, 0.6) is 5.75 Å². The van der Waals surface area contributed by atoms with E-state index in [1.165, 1.54) is 22.3 Å². The predicted octanol–water partition coefficient (Wildman–Crippen LogP) is 4.04. The molecule has 9 heteroatoms. The van der Waals surface area contributed by atoms with Crippen molar-refractivity contribution in [3.05, 3.63) is 62.7 Å². The van der Waals surface area contributed by atoms with Gasteiger partial charge in [-0.25, -0.2) is 9.78 Å². The molecule has 4 aromatic rings. The van der Waals surface area contributed by atoms with Gasteiger partial charge in [-0.05, 0) is 30.3 Å². The van der Waals surface area contributed by atoms with Gasteiger partial charge in [0.1, 0.15) is 10.8 Å². The quantitative estimate of drug-likeness (QED) is 0.472. The topological polar surface area (TPSA) is 83.3 Å². The van der Waals surface area contributed by atoms with Gasteiger partial charge in [0.25, 0.3) is 5.89 Å². The van der Waals surface area contributed by atoms with Crippen LogP contribution < -0.4 is 10.5 Å². The second kappa shape index (κ2) is 6.93. The highest BCUT2D eigenvalue weighted by molar-refractivity contribution is 9.10. The van der Waals surface area contributed by atoms with E-state index in [4.69, 9.17) is 13.6 Å². The molecule has 26 heavy (non-hydrogen) atoms. The molecule has 0 bridgehead atoms. The Labute approximate surface area is 160 Å². The number of benzene rings is 1. The molecule has 3 heterocycles. The van der Waals surface area contributed by atoms with E-state index in [9.17, 15) is 4.79 Å². The second-order valence-electron chi connectivity index (χ2n) is 5.30. The Morgan fingerprint density at radius 2 is 2.23 bits per heavy atom. The molecule has 0 atom stereocenters. The summed E-state index contributed by atoms with van der Waals surface area (Å²) in [6.45, 7) is 0.204. The zero-order valence-electron chi connectivity index (χ0n) is 13.5. The SMILES string of the molecule is COc1ccc(Br)cc1-c1nc(Cn2nc(-c3ccco3)oc2=O)cs1. The molecule has 0 fully saturated rings. The van der Waals surface area contributed by atoms with Crippen molar-refractivity contribution in [2.45, 2.75) is 6.54 Å². The molecular formula is C17H12BrN3O4S. The van der Waals surface area contributed by atoms with E-state index in [2.05, 4.69) is 26.0 Å². The van der Waals surface area contributed by atoms with Gasteiger partial charge in [-0.1, -0.05) is 15.9 Å². The van der Waals surface area contributed by atoms with E-state index < -0.39 is 5.76 Å². The van der Waals surface area contributed by atoms with Gasteiger partial charge in [0.05, 0.1) is 31.2 Å². The van der Waals surface area contributed by atoms with Crippen LogP contribution in [0.15, 0.2) is 60.1 Å². The Hall–Kier alpha value is -2.65. The fourth-order valence-corrected chi connectivity index (χ4v) is 3.60. The third kappa shape index (κ3) is 3.23.